The zero-order valence-corrected chi connectivity index (χ0v) is 23.9. The molecule has 1 aromatic rings. The number of nitrogens with two attached hydrogens (primary N) is 2. The van der Waals surface area contributed by atoms with Gasteiger partial charge in [0.15, 0.2) is 5.96 Å². The van der Waals surface area contributed by atoms with E-state index in [-0.39, 0.29) is 17.8 Å². The van der Waals surface area contributed by atoms with Crippen LogP contribution in [0.25, 0.3) is 0 Å². The van der Waals surface area contributed by atoms with Gasteiger partial charge in [0.05, 0.1) is 11.5 Å². The molecule has 1 aliphatic carbocycles. The molecule has 9 heteroatoms. The van der Waals surface area contributed by atoms with E-state index in [0.717, 1.165) is 37.8 Å². The first-order chi connectivity index (χ1) is 18.7. The van der Waals surface area contributed by atoms with Crippen LogP contribution < -0.4 is 22.1 Å². The van der Waals surface area contributed by atoms with Gasteiger partial charge in [-0.05, 0) is 87.4 Å². The highest BCUT2D eigenvalue weighted by Crippen LogP contribution is 2.44. The summed E-state index contributed by atoms with van der Waals surface area (Å²) in [7, 11) is 0. The quantitative estimate of drug-likeness (QED) is 0.176. The fraction of sp³-hybridized carbons (Fsp3) is 0.700. The van der Waals surface area contributed by atoms with Crippen molar-refractivity contribution in [2.24, 2.45) is 23.3 Å². The number of hydrogen-bond donors (Lipinski definition) is 5. The van der Waals surface area contributed by atoms with Crippen LogP contribution in [0, 0.1) is 17.2 Å². The first-order valence-electron chi connectivity index (χ1n) is 14.9. The number of nitrogens with one attached hydrogen (secondary N) is 3. The molecule has 1 aromatic carbocycles. The van der Waals surface area contributed by atoms with Crippen LogP contribution in [0.3, 0.4) is 0 Å². The van der Waals surface area contributed by atoms with Crippen molar-refractivity contribution in [3.05, 3.63) is 35.4 Å². The van der Waals surface area contributed by atoms with Crippen molar-refractivity contribution >= 4 is 17.8 Å². The van der Waals surface area contributed by atoms with E-state index in [1.165, 1.54) is 36.8 Å². The fourth-order valence-electron chi connectivity index (χ4n) is 7.01. The molecule has 0 unspecified atom stereocenters. The predicted octanol–water partition coefficient (Wildman–Crippen LogP) is 2.28. The number of hydrogen-bond acceptors (Lipinski definition) is 5. The molecule has 0 bridgehead atoms. The van der Waals surface area contributed by atoms with Crippen LogP contribution in [0.5, 0.6) is 0 Å². The maximum Gasteiger partial charge on any atom is 0.236 e. The lowest BCUT2D eigenvalue weighted by Gasteiger charge is -2.49. The normalized spacial score (nSPS) is 23.9. The second kappa shape index (κ2) is 13.1. The molecule has 4 rings (SSSR count). The number of carbonyl (C=O) groups is 2. The Morgan fingerprint density at radius 3 is 2.46 bits per heavy atom. The molecule has 216 valence electrons. The Balaban J connectivity index is 1.33. The fourth-order valence-corrected chi connectivity index (χ4v) is 7.01. The molecular formula is C30H49N7O2. The largest absolute Gasteiger partial charge is 0.370 e. The van der Waals surface area contributed by atoms with Crippen molar-refractivity contribution in [2.45, 2.75) is 89.3 Å². The molecule has 39 heavy (non-hydrogen) atoms. The smallest absolute Gasteiger partial charge is 0.236 e. The van der Waals surface area contributed by atoms with Gasteiger partial charge in [-0.1, -0.05) is 38.1 Å². The van der Waals surface area contributed by atoms with E-state index in [0.29, 0.717) is 45.1 Å². The molecule has 2 amide bonds. The van der Waals surface area contributed by atoms with Crippen LogP contribution in [0.15, 0.2) is 24.3 Å². The van der Waals surface area contributed by atoms with Crippen molar-refractivity contribution in [3.8, 4) is 0 Å². The van der Waals surface area contributed by atoms with Crippen molar-refractivity contribution < 1.29 is 9.59 Å². The van der Waals surface area contributed by atoms with Gasteiger partial charge in [-0.25, -0.2) is 0 Å². The number of amides is 2. The Kier molecular flexibility index (Phi) is 9.88. The average molecular weight is 540 g/mol. The van der Waals surface area contributed by atoms with Crippen LogP contribution in [0.4, 0.5) is 0 Å². The first-order valence-corrected chi connectivity index (χ1v) is 14.9. The standard InChI is InChI=1S/C30H49N7O2/c1-21(2)22-9-11-24(12-10-22)36-17-13-30(14-18-36)25-7-4-3-6-23(25)20-37(28(30)39)19-16-34-27(38)26(31)8-5-15-35-29(32)33/h3-4,6-7,21-22,24,26H,5,8-20,31H2,1-2H3,(H,34,38)(H4,32,33,35)/t22-,24+,26-/m1/s1. The number of carbonyl (C=O) groups excluding carboxylic acids is 2. The summed E-state index contributed by atoms with van der Waals surface area (Å²) in [5.41, 5.74) is 13.3. The molecule has 2 fully saturated rings. The molecule has 9 nitrogen and oxygen atoms in total. The minimum absolute atomic E-state index is 0.0852. The summed E-state index contributed by atoms with van der Waals surface area (Å²) in [6.45, 7) is 8.59. The van der Waals surface area contributed by atoms with Crippen LogP contribution in [-0.2, 0) is 21.5 Å². The zero-order valence-electron chi connectivity index (χ0n) is 23.9. The Morgan fingerprint density at radius 1 is 1.10 bits per heavy atom. The first kappa shape index (κ1) is 29.3. The molecule has 1 saturated heterocycles. The third-order valence-corrected chi connectivity index (χ3v) is 9.47. The average Bonchev–Trinajstić information content (AvgIpc) is 2.94. The highest BCUT2D eigenvalue weighted by atomic mass is 16.2. The van der Waals surface area contributed by atoms with Gasteiger partial charge < -0.3 is 31.9 Å². The summed E-state index contributed by atoms with van der Waals surface area (Å²) in [5.74, 6) is 1.54. The van der Waals surface area contributed by atoms with Crippen molar-refractivity contribution in [3.63, 3.8) is 0 Å². The SMILES string of the molecule is CC(C)[C@H]1CC[C@@H](N2CCC3(CC2)C(=O)N(CCNC(=O)[C@H](N)CCCNC(=N)N)Cc2ccccc23)CC1. The van der Waals surface area contributed by atoms with E-state index < -0.39 is 11.5 Å². The van der Waals surface area contributed by atoms with E-state index >= 15 is 0 Å². The highest BCUT2D eigenvalue weighted by molar-refractivity contribution is 5.90. The van der Waals surface area contributed by atoms with E-state index in [2.05, 4.69) is 53.6 Å². The number of fused-ring (bicyclic) bond motifs is 2. The number of piperidine rings is 1. The molecule has 2 heterocycles. The highest BCUT2D eigenvalue weighted by Gasteiger charge is 2.49. The molecule has 1 atom stereocenters. The molecule has 1 spiro atoms. The van der Waals surface area contributed by atoms with E-state index in [9.17, 15) is 9.59 Å². The van der Waals surface area contributed by atoms with Crippen LogP contribution in [0.2, 0.25) is 0 Å². The predicted molar refractivity (Wildman–Crippen MR) is 155 cm³/mol. The topological polar surface area (TPSA) is 141 Å². The number of benzene rings is 1. The van der Waals surface area contributed by atoms with Gasteiger partial charge >= 0.3 is 0 Å². The minimum Gasteiger partial charge on any atom is -0.370 e. The van der Waals surface area contributed by atoms with E-state index in [1.54, 1.807) is 0 Å². The van der Waals surface area contributed by atoms with Gasteiger partial charge in [0.25, 0.3) is 0 Å². The number of rotatable bonds is 10. The molecule has 2 aliphatic heterocycles. The van der Waals surface area contributed by atoms with Crippen molar-refractivity contribution in [1.29, 1.82) is 5.41 Å². The third kappa shape index (κ3) is 6.92. The Hall–Kier alpha value is -2.65. The second-order valence-electron chi connectivity index (χ2n) is 12.2. The Morgan fingerprint density at radius 2 is 1.79 bits per heavy atom. The summed E-state index contributed by atoms with van der Waals surface area (Å²) in [6, 6.07) is 8.47. The van der Waals surface area contributed by atoms with Crippen molar-refractivity contribution in [2.75, 3.05) is 32.7 Å². The van der Waals surface area contributed by atoms with Crippen LogP contribution in [0.1, 0.15) is 76.3 Å². The van der Waals surface area contributed by atoms with Gasteiger partial charge in [0, 0.05) is 32.2 Å². The zero-order chi connectivity index (χ0) is 28.0. The summed E-state index contributed by atoms with van der Waals surface area (Å²) in [6.07, 6.45) is 8.07. The van der Waals surface area contributed by atoms with Gasteiger partial charge in [-0.3, -0.25) is 15.0 Å². The number of likely N-dealkylation sites (tertiary alicyclic amines) is 1. The third-order valence-electron chi connectivity index (χ3n) is 9.47. The molecule has 0 aromatic heterocycles. The minimum atomic E-state index is -0.622. The lowest BCUT2D eigenvalue weighted by atomic mass is 9.67. The lowest BCUT2D eigenvalue weighted by molar-refractivity contribution is -0.142. The van der Waals surface area contributed by atoms with E-state index in [1.807, 2.05) is 4.90 Å². The monoisotopic (exact) mass is 539 g/mol. The lowest BCUT2D eigenvalue weighted by Crippen LogP contribution is -2.58. The molecule has 7 N–H and O–H groups in total. The Bertz CT molecular complexity index is 997. The summed E-state index contributed by atoms with van der Waals surface area (Å²) >= 11 is 0. The van der Waals surface area contributed by atoms with Gasteiger partial charge in [-0.2, -0.15) is 0 Å². The summed E-state index contributed by atoms with van der Waals surface area (Å²) < 4.78 is 0. The van der Waals surface area contributed by atoms with Gasteiger partial charge in [-0.15, -0.1) is 0 Å². The number of guanidine groups is 1. The maximum atomic E-state index is 14.0. The summed E-state index contributed by atoms with van der Waals surface area (Å²) in [4.78, 5) is 31.1. The van der Waals surface area contributed by atoms with E-state index in [4.69, 9.17) is 16.9 Å². The molecule has 3 aliphatic rings. The molecule has 1 saturated carbocycles. The van der Waals surface area contributed by atoms with Gasteiger partial charge in [0.2, 0.25) is 11.8 Å². The van der Waals surface area contributed by atoms with Crippen LogP contribution >= 0.6 is 0 Å². The Labute approximate surface area is 233 Å². The maximum absolute atomic E-state index is 14.0. The molecular weight excluding hydrogens is 490 g/mol. The summed E-state index contributed by atoms with van der Waals surface area (Å²) in [5, 5.41) is 12.8. The van der Waals surface area contributed by atoms with Crippen LogP contribution in [-0.4, -0.2) is 72.4 Å². The second-order valence-corrected chi connectivity index (χ2v) is 12.2. The number of nitrogens with zero attached hydrogens (tertiary/aromatic N) is 2. The molecule has 0 radical (unpaired) electrons. The van der Waals surface area contributed by atoms with Crippen molar-refractivity contribution in [1.82, 2.24) is 20.4 Å². The van der Waals surface area contributed by atoms with Gasteiger partial charge in [0.1, 0.15) is 0 Å².